The first-order valence-electron chi connectivity index (χ1n) is 6.68. The van der Waals surface area contributed by atoms with Gasteiger partial charge in [0.25, 0.3) is 0 Å². The van der Waals surface area contributed by atoms with Crippen LogP contribution in [0.2, 0.25) is 0 Å². The molecule has 5 heteroatoms. The summed E-state index contributed by atoms with van der Waals surface area (Å²) in [5.74, 6) is 0.807. The van der Waals surface area contributed by atoms with Crippen LogP contribution in [0.25, 0.3) is 0 Å². The number of aryl methyl sites for hydroxylation is 2. The predicted molar refractivity (Wildman–Crippen MR) is 81.7 cm³/mol. The molecule has 0 aliphatic heterocycles. The molecule has 0 aliphatic rings. The third kappa shape index (κ3) is 3.20. The number of nitrogens with two attached hydrogens (primary N) is 1. The molecule has 21 heavy (non-hydrogen) atoms. The lowest BCUT2D eigenvalue weighted by Gasteiger charge is -2.15. The summed E-state index contributed by atoms with van der Waals surface area (Å²) < 4.78 is 5.83. The average molecular weight is 286 g/mol. The van der Waals surface area contributed by atoms with Crippen molar-refractivity contribution in [3.05, 3.63) is 63.2 Å². The first-order chi connectivity index (χ1) is 9.90. The summed E-state index contributed by atoms with van der Waals surface area (Å²) in [4.78, 5) is 10.8. The van der Waals surface area contributed by atoms with E-state index in [1.807, 2.05) is 38.1 Å². The normalized spacial score (nSPS) is 12.0. The van der Waals surface area contributed by atoms with Crippen LogP contribution in [-0.4, -0.2) is 4.92 Å². The van der Waals surface area contributed by atoms with Crippen LogP contribution in [0.15, 0.2) is 36.4 Å². The fourth-order valence-corrected chi connectivity index (χ4v) is 2.26. The lowest BCUT2D eigenvalue weighted by molar-refractivity contribution is -0.385. The van der Waals surface area contributed by atoms with E-state index in [0.29, 0.717) is 5.75 Å². The Hall–Kier alpha value is -2.40. The number of para-hydroxylation sites is 1. The highest BCUT2D eigenvalue weighted by Crippen LogP contribution is 2.37. The van der Waals surface area contributed by atoms with Crippen LogP contribution >= 0.6 is 0 Å². The SMILES string of the molecule is Cc1cc(C)c(Oc2ccccc2[C@H](C)N)c([N+](=O)[O-])c1. The van der Waals surface area contributed by atoms with E-state index in [2.05, 4.69) is 0 Å². The van der Waals surface area contributed by atoms with Crippen molar-refractivity contribution in [1.29, 1.82) is 0 Å². The first kappa shape index (κ1) is 15.0. The van der Waals surface area contributed by atoms with Crippen LogP contribution in [0, 0.1) is 24.0 Å². The van der Waals surface area contributed by atoms with Crippen molar-refractivity contribution in [1.82, 2.24) is 0 Å². The van der Waals surface area contributed by atoms with Crippen LogP contribution < -0.4 is 10.5 Å². The number of rotatable bonds is 4. The van der Waals surface area contributed by atoms with Crippen molar-refractivity contribution < 1.29 is 9.66 Å². The zero-order chi connectivity index (χ0) is 15.6. The van der Waals surface area contributed by atoms with Gasteiger partial charge in [-0.1, -0.05) is 24.3 Å². The van der Waals surface area contributed by atoms with Crippen molar-refractivity contribution in [2.45, 2.75) is 26.8 Å². The van der Waals surface area contributed by atoms with Gasteiger partial charge in [-0.15, -0.1) is 0 Å². The first-order valence-corrected chi connectivity index (χ1v) is 6.68. The van der Waals surface area contributed by atoms with E-state index in [1.165, 1.54) is 6.07 Å². The number of nitrogens with zero attached hydrogens (tertiary/aromatic N) is 1. The molecule has 0 bridgehead atoms. The molecule has 2 N–H and O–H groups in total. The fourth-order valence-electron chi connectivity index (χ4n) is 2.26. The third-order valence-corrected chi connectivity index (χ3v) is 3.22. The van der Waals surface area contributed by atoms with Gasteiger partial charge in [-0.05, 0) is 38.0 Å². The number of hydrogen-bond acceptors (Lipinski definition) is 4. The van der Waals surface area contributed by atoms with Crippen LogP contribution in [0.3, 0.4) is 0 Å². The van der Waals surface area contributed by atoms with Gasteiger partial charge in [0.15, 0.2) is 0 Å². The smallest absolute Gasteiger partial charge is 0.312 e. The molecule has 0 amide bonds. The predicted octanol–water partition coefficient (Wildman–Crippen LogP) is 4.02. The van der Waals surface area contributed by atoms with Gasteiger partial charge in [-0.25, -0.2) is 0 Å². The topological polar surface area (TPSA) is 78.4 Å². The molecule has 0 saturated heterocycles. The number of hydrogen-bond donors (Lipinski definition) is 1. The molecule has 0 aliphatic carbocycles. The zero-order valence-corrected chi connectivity index (χ0v) is 12.3. The average Bonchev–Trinajstić information content (AvgIpc) is 2.41. The van der Waals surface area contributed by atoms with Crippen molar-refractivity contribution >= 4 is 5.69 Å². The maximum absolute atomic E-state index is 11.2. The lowest BCUT2D eigenvalue weighted by atomic mass is 10.1. The molecular weight excluding hydrogens is 268 g/mol. The molecule has 0 heterocycles. The molecule has 2 rings (SSSR count). The standard InChI is InChI=1S/C16H18N2O3/c1-10-8-11(2)16(14(9-10)18(19)20)21-15-7-5-4-6-13(15)12(3)17/h4-9,12H,17H2,1-3H3/t12-/m0/s1. The lowest BCUT2D eigenvalue weighted by Crippen LogP contribution is -2.07. The van der Waals surface area contributed by atoms with Crippen LogP contribution in [0.5, 0.6) is 11.5 Å². The molecule has 1 atom stereocenters. The van der Waals surface area contributed by atoms with Gasteiger partial charge in [0, 0.05) is 17.7 Å². The minimum Gasteiger partial charge on any atom is -0.449 e. The van der Waals surface area contributed by atoms with Gasteiger partial charge in [-0.2, -0.15) is 0 Å². The Morgan fingerprint density at radius 1 is 1.24 bits per heavy atom. The Labute approximate surface area is 123 Å². The van der Waals surface area contributed by atoms with Gasteiger partial charge in [0.1, 0.15) is 5.75 Å². The second kappa shape index (κ2) is 5.93. The maximum Gasteiger partial charge on any atom is 0.312 e. The summed E-state index contributed by atoms with van der Waals surface area (Å²) in [5, 5.41) is 11.2. The number of ether oxygens (including phenoxy) is 1. The maximum atomic E-state index is 11.2. The van der Waals surface area contributed by atoms with Gasteiger partial charge in [-0.3, -0.25) is 10.1 Å². The summed E-state index contributed by atoms with van der Waals surface area (Å²) in [6, 6.07) is 10.5. The minimum atomic E-state index is -0.427. The van der Waals surface area contributed by atoms with Crippen molar-refractivity contribution in [2.75, 3.05) is 0 Å². The van der Waals surface area contributed by atoms with E-state index >= 15 is 0 Å². The highest BCUT2D eigenvalue weighted by Gasteiger charge is 2.20. The Morgan fingerprint density at radius 2 is 1.90 bits per heavy atom. The molecule has 0 radical (unpaired) electrons. The van der Waals surface area contributed by atoms with Crippen LogP contribution in [0.1, 0.15) is 29.7 Å². The zero-order valence-electron chi connectivity index (χ0n) is 12.3. The molecule has 0 aromatic heterocycles. The molecule has 0 fully saturated rings. The van der Waals surface area contributed by atoms with Crippen LogP contribution in [0.4, 0.5) is 5.69 Å². The van der Waals surface area contributed by atoms with Gasteiger partial charge in [0.05, 0.1) is 4.92 Å². The summed E-state index contributed by atoms with van der Waals surface area (Å²) in [5.41, 5.74) is 8.24. The van der Waals surface area contributed by atoms with Crippen molar-refractivity contribution in [3.63, 3.8) is 0 Å². The Balaban J connectivity index is 2.52. The second-order valence-corrected chi connectivity index (χ2v) is 5.12. The van der Waals surface area contributed by atoms with E-state index in [-0.39, 0.29) is 17.5 Å². The largest absolute Gasteiger partial charge is 0.449 e. The molecule has 110 valence electrons. The van der Waals surface area contributed by atoms with E-state index < -0.39 is 4.92 Å². The molecule has 0 spiro atoms. The second-order valence-electron chi connectivity index (χ2n) is 5.12. The van der Waals surface area contributed by atoms with E-state index in [4.69, 9.17) is 10.5 Å². The fraction of sp³-hybridized carbons (Fsp3) is 0.250. The van der Waals surface area contributed by atoms with Gasteiger partial charge >= 0.3 is 5.69 Å². The summed E-state index contributed by atoms with van der Waals surface area (Å²) in [6.45, 7) is 5.46. The summed E-state index contributed by atoms with van der Waals surface area (Å²) >= 11 is 0. The Kier molecular flexibility index (Phi) is 4.23. The Bertz CT molecular complexity index is 681. The van der Waals surface area contributed by atoms with Gasteiger partial charge in [0.2, 0.25) is 5.75 Å². The van der Waals surface area contributed by atoms with E-state index in [9.17, 15) is 10.1 Å². The molecular formula is C16H18N2O3. The summed E-state index contributed by atoms with van der Waals surface area (Å²) in [6.07, 6.45) is 0. The molecule has 2 aromatic rings. The van der Waals surface area contributed by atoms with E-state index in [1.54, 1.807) is 13.0 Å². The molecule has 2 aromatic carbocycles. The number of benzene rings is 2. The summed E-state index contributed by atoms with van der Waals surface area (Å²) in [7, 11) is 0. The highest BCUT2D eigenvalue weighted by atomic mass is 16.6. The quantitative estimate of drug-likeness (QED) is 0.680. The van der Waals surface area contributed by atoms with Crippen molar-refractivity contribution in [3.8, 4) is 11.5 Å². The third-order valence-electron chi connectivity index (χ3n) is 3.22. The number of nitro groups is 1. The molecule has 5 nitrogen and oxygen atoms in total. The molecule has 0 saturated carbocycles. The Morgan fingerprint density at radius 3 is 2.52 bits per heavy atom. The monoisotopic (exact) mass is 286 g/mol. The van der Waals surface area contributed by atoms with Crippen LogP contribution in [-0.2, 0) is 0 Å². The minimum absolute atomic E-state index is 0.0352. The van der Waals surface area contributed by atoms with E-state index in [0.717, 1.165) is 16.7 Å². The van der Waals surface area contributed by atoms with Crippen molar-refractivity contribution in [2.24, 2.45) is 5.73 Å². The van der Waals surface area contributed by atoms with Gasteiger partial charge < -0.3 is 10.5 Å². The number of nitro benzene ring substituents is 1. The molecule has 0 unspecified atom stereocenters. The highest BCUT2D eigenvalue weighted by molar-refractivity contribution is 5.56.